The van der Waals surface area contributed by atoms with E-state index >= 15 is 0 Å². The second kappa shape index (κ2) is 7.65. The minimum Gasteiger partial charge on any atom is -0.470 e. The van der Waals surface area contributed by atoms with Crippen LogP contribution in [-0.4, -0.2) is 11.5 Å². The number of hydrogen-bond donors (Lipinski definition) is 1. The van der Waals surface area contributed by atoms with Crippen molar-refractivity contribution in [1.29, 1.82) is 0 Å². The van der Waals surface area contributed by atoms with Crippen molar-refractivity contribution in [2.75, 3.05) is 6.54 Å². The summed E-state index contributed by atoms with van der Waals surface area (Å²) in [6.07, 6.45) is 2.94. The summed E-state index contributed by atoms with van der Waals surface area (Å²) in [6, 6.07) is 14.2. The third-order valence-electron chi connectivity index (χ3n) is 3.12. The van der Waals surface area contributed by atoms with Crippen molar-refractivity contribution < 1.29 is 4.74 Å². The van der Waals surface area contributed by atoms with E-state index in [-0.39, 0.29) is 6.10 Å². The van der Waals surface area contributed by atoms with Gasteiger partial charge in [-0.25, -0.2) is 4.98 Å². The molecule has 1 heterocycles. The highest BCUT2D eigenvalue weighted by atomic mass is 16.5. The van der Waals surface area contributed by atoms with E-state index in [0.717, 1.165) is 25.1 Å². The lowest BCUT2D eigenvalue weighted by molar-refractivity contribution is 0.217. The molecule has 0 aliphatic heterocycles. The normalized spacial score (nSPS) is 12.1. The van der Waals surface area contributed by atoms with Crippen LogP contribution in [0.5, 0.6) is 5.88 Å². The molecule has 3 heteroatoms. The minimum atomic E-state index is 0.00236. The van der Waals surface area contributed by atoms with E-state index in [2.05, 4.69) is 29.4 Å². The van der Waals surface area contributed by atoms with Gasteiger partial charge in [-0.1, -0.05) is 37.3 Å². The molecule has 0 radical (unpaired) electrons. The van der Waals surface area contributed by atoms with Crippen LogP contribution in [-0.2, 0) is 6.54 Å². The van der Waals surface area contributed by atoms with E-state index in [1.54, 1.807) is 6.20 Å². The summed E-state index contributed by atoms with van der Waals surface area (Å²) in [7, 11) is 0. The molecule has 1 unspecified atom stereocenters. The van der Waals surface area contributed by atoms with Crippen molar-refractivity contribution in [3.05, 3.63) is 59.8 Å². The summed E-state index contributed by atoms with van der Waals surface area (Å²) < 4.78 is 5.91. The quantitative estimate of drug-likeness (QED) is 0.779. The molecule has 1 aromatic carbocycles. The fourth-order valence-corrected chi connectivity index (χ4v) is 2.01. The Morgan fingerprint density at radius 2 is 2.00 bits per heavy atom. The van der Waals surface area contributed by atoms with Crippen molar-refractivity contribution in [3.8, 4) is 5.88 Å². The molecule has 1 N–H and O–H groups in total. The Labute approximate surface area is 121 Å². The second-order valence-electron chi connectivity index (χ2n) is 4.85. The molecule has 0 fully saturated rings. The van der Waals surface area contributed by atoms with E-state index in [4.69, 9.17) is 4.74 Å². The van der Waals surface area contributed by atoms with Gasteiger partial charge in [-0.05, 0) is 37.1 Å². The predicted molar refractivity (Wildman–Crippen MR) is 81.7 cm³/mol. The van der Waals surface area contributed by atoms with Crippen molar-refractivity contribution in [3.63, 3.8) is 0 Å². The van der Waals surface area contributed by atoms with Crippen molar-refractivity contribution in [1.82, 2.24) is 10.3 Å². The molecule has 20 heavy (non-hydrogen) atoms. The number of aromatic nitrogens is 1. The summed E-state index contributed by atoms with van der Waals surface area (Å²) in [5.74, 6) is 0.678. The van der Waals surface area contributed by atoms with Crippen LogP contribution in [0.3, 0.4) is 0 Å². The zero-order valence-corrected chi connectivity index (χ0v) is 12.2. The van der Waals surface area contributed by atoms with Crippen LogP contribution in [0.4, 0.5) is 0 Å². The Morgan fingerprint density at radius 3 is 2.75 bits per heavy atom. The average Bonchev–Trinajstić information content (AvgIpc) is 2.49. The van der Waals surface area contributed by atoms with Crippen LogP contribution in [0.1, 0.15) is 37.5 Å². The van der Waals surface area contributed by atoms with Crippen LogP contribution < -0.4 is 10.1 Å². The van der Waals surface area contributed by atoms with Crippen molar-refractivity contribution >= 4 is 0 Å². The molecule has 3 nitrogen and oxygen atoms in total. The van der Waals surface area contributed by atoms with Gasteiger partial charge in [0, 0.05) is 18.8 Å². The first kappa shape index (κ1) is 14.5. The smallest absolute Gasteiger partial charge is 0.214 e. The molecule has 0 aliphatic carbocycles. The summed E-state index contributed by atoms with van der Waals surface area (Å²) >= 11 is 0. The van der Waals surface area contributed by atoms with Crippen molar-refractivity contribution in [2.45, 2.75) is 32.9 Å². The molecular weight excluding hydrogens is 248 g/mol. The van der Waals surface area contributed by atoms with Gasteiger partial charge in [0.1, 0.15) is 6.10 Å². The van der Waals surface area contributed by atoms with Crippen molar-refractivity contribution in [2.24, 2.45) is 0 Å². The molecule has 106 valence electrons. The monoisotopic (exact) mass is 270 g/mol. The number of hydrogen-bond acceptors (Lipinski definition) is 3. The Morgan fingerprint density at radius 1 is 1.20 bits per heavy atom. The molecule has 0 spiro atoms. The van der Waals surface area contributed by atoms with Gasteiger partial charge in [0.2, 0.25) is 5.88 Å². The Hall–Kier alpha value is -1.87. The molecule has 2 rings (SSSR count). The van der Waals surface area contributed by atoms with Gasteiger partial charge < -0.3 is 10.1 Å². The Bertz CT molecular complexity index is 513. The summed E-state index contributed by atoms with van der Waals surface area (Å²) in [6.45, 7) is 6.08. The minimum absolute atomic E-state index is 0.00236. The van der Waals surface area contributed by atoms with Crippen LogP contribution in [0.15, 0.2) is 48.7 Å². The van der Waals surface area contributed by atoms with Crippen LogP contribution in [0.2, 0.25) is 0 Å². The third-order valence-corrected chi connectivity index (χ3v) is 3.12. The highest BCUT2D eigenvalue weighted by Crippen LogP contribution is 2.20. The molecule has 0 bridgehead atoms. The van der Waals surface area contributed by atoms with Gasteiger partial charge in [0.15, 0.2) is 0 Å². The summed E-state index contributed by atoms with van der Waals surface area (Å²) in [4.78, 5) is 4.28. The number of rotatable bonds is 7. The largest absolute Gasteiger partial charge is 0.470 e. The number of nitrogens with one attached hydrogen (secondary N) is 1. The Balaban J connectivity index is 1.97. The topological polar surface area (TPSA) is 34.2 Å². The van der Waals surface area contributed by atoms with Gasteiger partial charge in [0.05, 0.1) is 0 Å². The van der Waals surface area contributed by atoms with Gasteiger partial charge in [-0.2, -0.15) is 0 Å². The maximum atomic E-state index is 5.91. The van der Waals surface area contributed by atoms with Gasteiger partial charge >= 0.3 is 0 Å². The lowest BCUT2D eigenvalue weighted by Crippen LogP contribution is -2.14. The molecule has 1 aromatic heterocycles. The van der Waals surface area contributed by atoms with E-state index in [0.29, 0.717) is 5.88 Å². The van der Waals surface area contributed by atoms with E-state index in [9.17, 15) is 0 Å². The van der Waals surface area contributed by atoms with Crippen LogP contribution in [0.25, 0.3) is 0 Å². The fourth-order valence-electron chi connectivity index (χ4n) is 2.01. The number of benzene rings is 1. The maximum Gasteiger partial charge on any atom is 0.214 e. The first-order valence-corrected chi connectivity index (χ1v) is 7.17. The molecule has 1 atom stereocenters. The number of ether oxygens (including phenoxy) is 1. The average molecular weight is 270 g/mol. The Kier molecular flexibility index (Phi) is 5.56. The number of nitrogens with zero attached hydrogens (tertiary/aromatic N) is 1. The lowest BCUT2D eigenvalue weighted by Gasteiger charge is -2.14. The fraction of sp³-hybridized carbons (Fsp3) is 0.353. The second-order valence-corrected chi connectivity index (χ2v) is 4.85. The SMILES string of the molecule is CCCNCc1ccnc(OC(C)c2ccccc2)c1. The lowest BCUT2D eigenvalue weighted by atomic mass is 10.1. The molecular formula is C17H22N2O. The van der Waals surface area contributed by atoms with Gasteiger partial charge in [-0.3, -0.25) is 0 Å². The summed E-state index contributed by atoms with van der Waals surface area (Å²) in [5.41, 5.74) is 2.35. The zero-order chi connectivity index (χ0) is 14.2. The van der Waals surface area contributed by atoms with E-state index in [1.807, 2.05) is 37.3 Å². The summed E-state index contributed by atoms with van der Waals surface area (Å²) in [5, 5.41) is 3.38. The molecule has 0 amide bonds. The predicted octanol–water partition coefficient (Wildman–Crippen LogP) is 3.72. The third kappa shape index (κ3) is 4.35. The maximum absolute atomic E-state index is 5.91. The molecule has 0 aliphatic rings. The highest BCUT2D eigenvalue weighted by Gasteiger charge is 2.07. The highest BCUT2D eigenvalue weighted by molar-refractivity contribution is 5.23. The first-order chi connectivity index (χ1) is 9.79. The standard InChI is InChI=1S/C17H22N2O/c1-3-10-18-13-15-9-11-19-17(12-15)20-14(2)16-7-5-4-6-8-16/h4-9,11-12,14,18H,3,10,13H2,1-2H3. The van der Waals surface area contributed by atoms with Crippen LogP contribution >= 0.6 is 0 Å². The van der Waals surface area contributed by atoms with Gasteiger partial charge in [-0.15, -0.1) is 0 Å². The van der Waals surface area contributed by atoms with Gasteiger partial charge in [0.25, 0.3) is 0 Å². The number of pyridine rings is 1. The zero-order valence-electron chi connectivity index (χ0n) is 12.2. The first-order valence-electron chi connectivity index (χ1n) is 7.17. The van der Waals surface area contributed by atoms with Crippen LogP contribution in [0, 0.1) is 0 Å². The molecule has 2 aromatic rings. The molecule has 0 saturated carbocycles. The van der Waals surface area contributed by atoms with E-state index < -0.39 is 0 Å². The van der Waals surface area contributed by atoms with E-state index in [1.165, 1.54) is 5.56 Å². The molecule has 0 saturated heterocycles.